The number of fused-ring (bicyclic) bond motifs is 1. The molecule has 4 N–H and O–H groups in total. The predicted octanol–water partition coefficient (Wildman–Crippen LogP) is 0.686. The average molecular weight is 401 g/mol. The molecule has 0 saturated carbocycles. The molecule has 1 amide bonds. The lowest BCUT2D eigenvalue weighted by Crippen LogP contribution is -2.68. The van der Waals surface area contributed by atoms with Gasteiger partial charge in [-0.15, -0.1) is 0 Å². The normalized spacial score (nSPS) is 29.7. The molecule has 2 saturated heterocycles. The highest BCUT2D eigenvalue weighted by atomic mass is 19.3. The number of aliphatic hydroxyl groups is 1. The van der Waals surface area contributed by atoms with Gasteiger partial charge in [-0.2, -0.15) is 0 Å². The number of nitrogens with one attached hydrogen (secondary N) is 3. The summed E-state index contributed by atoms with van der Waals surface area (Å²) in [5.41, 5.74) is 2.89. The van der Waals surface area contributed by atoms with Crippen LogP contribution >= 0.6 is 0 Å². The summed E-state index contributed by atoms with van der Waals surface area (Å²) in [6, 6.07) is 2.25. The number of halogens is 3. The fraction of sp³-hybridized carbons (Fsp3) is 0.611. The second-order valence-corrected chi connectivity index (χ2v) is 7.64. The van der Waals surface area contributed by atoms with Crippen LogP contribution in [0.25, 0.3) is 0 Å². The Morgan fingerprint density at radius 2 is 2.04 bits per heavy atom. The largest absolute Gasteiger partial charge is 0.395 e. The zero-order valence-electron chi connectivity index (χ0n) is 16.2. The molecule has 0 bridgehead atoms. The fourth-order valence-corrected chi connectivity index (χ4v) is 3.76. The molecule has 2 fully saturated rings. The van der Waals surface area contributed by atoms with E-state index in [1.807, 2.05) is 0 Å². The number of alkyl halides is 2. The summed E-state index contributed by atoms with van der Waals surface area (Å²) in [4.78, 5) is 14.4. The van der Waals surface area contributed by atoms with Crippen LogP contribution in [-0.2, 0) is 10.7 Å². The molecule has 2 aliphatic heterocycles. The molecule has 5 atom stereocenters. The minimum absolute atomic E-state index is 0.215. The summed E-state index contributed by atoms with van der Waals surface area (Å²) in [5, 5.41) is 17.4. The second-order valence-electron chi connectivity index (χ2n) is 7.64. The maximum absolute atomic E-state index is 14.6. The minimum Gasteiger partial charge on any atom is -0.395 e. The van der Waals surface area contributed by atoms with E-state index in [9.17, 15) is 23.1 Å². The number of benzene rings is 1. The zero-order chi connectivity index (χ0) is 20.8. The van der Waals surface area contributed by atoms with Crippen molar-refractivity contribution in [1.29, 1.82) is 0 Å². The topological polar surface area (TPSA) is 79.9 Å². The molecular formula is C18H26F3N5O2. The van der Waals surface area contributed by atoms with Gasteiger partial charge in [0.05, 0.1) is 30.8 Å². The van der Waals surface area contributed by atoms with Crippen LogP contribution in [0.15, 0.2) is 18.2 Å². The Morgan fingerprint density at radius 1 is 1.36 bits per heavy atom. The molecule has 2 heterocycles. The van der Waals surface area contributed by atoms with Gasteiger partial charge >= 0.3 is 0 Å². The van der Waals surface area contributed by atoms with Crippen molar-refractivity contribution < 1.29 is 23.1 Å². The molecule has 10 heteroatoms. The van der Waals surface area contributed by atoms with Crippen LogP contribution < -0.4 is 16.1 Å². The Hall–Kier alpha value is -1.72. The number of hydrogen-bond donors (Lipinski definition) is 4. The van der Waals surface area contributed by atoms with E-state index in [1.54, 1.807) is 30.9 Å². The highest BCUT2D eigenvalue weighted by molar-refractivity contribution is 5.81. The number of rotatable bonds is 5. The lowest BCUT2D eigenvalue weighted by Gasteiger charge is -2.41. The number of amides is 1. The van der Waals surface area contributed by atoms with Crippen molar-refractivity contribution in [2.45, 2.75) is 44.3 Å². The van der Waals surface area contributed by atoms with Crippen molar-refractivity contribution in [3.8, 4) is 0 Å². The first-order chi connectivity index (χ1) is 13.0. The van der Waals surface area contributed by atoms with Gasteiger partial charge in [0.1, 0.15) is 12.1 Å². The summed E-state index contributed by atoms with van der Waals surface area (Å²) in [7, 11) is 3.59. The molecule has 3 rings (SSSR count). The van der Waals surface area contributed by atoms with E-state index in [4.69, 9.17) is 0 Å². The molecule has 5 unspecified atom stereocenters. The van der Waals surface area contributed by atoms with Gasteiger partial charge in [-0.25, -0.2) is 23.6 Å². The smallest absolute Gasteiger partial charge is 0.270 e. The third-order valence-corrected chi connectivity index (χ3v) is 5.39. The van der Waals surface area contributed by atoms with Crippen LogP contribution in [0.3, 0.4) is 0 Å². The lowest BCUT2D eigenvalue weighted by atomic mass is 9.95. The Kier molecular flexibility index (Phi) is 5.70. The van der Waals surface area contributed by atoms with Gasteiger partial charge in [-0.05, 0) is 27.1 Å². The molecule has 0 aliphatic carbocycles. The molecule has 156 valence electrons. The molecular weight excluding hydrogens is 375 g/mol. The van der Waals surface area contributed by atoms with Crippen molar-refractivity contribution in [3.63, 3.8) is 0 Å². The molecule has 28 heavy (non-hydrogen) atoms. The number of carbonyl (C=O) groups is 1. The Labute approximate surface area is 161 Å². The number of hydrogen-bond acceptors (Lipinski definition) is 6. The Bertz CT molecular complexity index is 742. The third-order valence-electron chi connectivity index (χ3n) is 5.39. The summed E-state index contributed by atoms with van der Waals surface area (Å²) < 4.78 is 41.6. The zero-order valence-corrected chi connectivity index (χ0v) is 16.2. The summed E-state index contributed by atoms with van der Waals surface area (Å²) in [6.07, 6.45) is -0.950. The number of hydrazine groups is 1. The quantitative estimate of drug-likeness (QED) is 0.582. The van der Waals surface area contributed by atoms with Gasteiger partial charge in [0, 0.05) is 18.1 Å². The van der Waals surface area contributed by atoms with E-state index < -0.39 is 47.8 Å². The van der Waals surface area contributed by atoms with Gasteiger partial charge in [0.15, 0.2) is 0 Å². The maximum atomic E-state index is 14.6. The van der Waals surface area contributed by atoms with E-state index in [0.29, 0.717) is 0 Å². The standard InChI is InChI=1S/C18H26F3N5O2/c1-9(11-6-5-10(7-12(11)19)18(2,20)21)26-15-14(13(8-27)24-26)16(28)23-17(22-15)25(3)4/h5-7,9,13-15,17,22,24,27H,8H2,1-4H3,(H,23,28). The van der Waals surface area contributed by atoms with E-state index >= 15 is 0 Å². The molecule has 7 nitrogen and oxygen atoms in total. The Morgan fingerprint density at radius 3 is 2.57 bits per heavy atom. The van der Waals surface area contributed by atoms with Gasteiger partial charge in [-0.1, -0.05) is 12.1 Å². The molecule has 1 aromatic carbocycles. The summed E-state index contributed by atoms with van der Waals surface area (Å²) in [6.45, 7) is 2.15. The van der Waals surface area contributed by atoms with E-state index in [-0.39, 0.29) is 18.1 Å². The average Bonchev–Trinajstić information content (AvgIpc) is 2.99. The first kappa shape index (κ1) is 21.0. The van der Waals surface area contributed by atoms with Crippen LogP contribution in [0.2, 0.25) is 0 Å². The van der Waals surface area contributed by atoms with Crippen LogP contribution in [0.5, 0.6) is 0 Å². The second kappa shape index (κ2) is 7.60. The molecule has 2 aliphatic rings. The van der Waals surface area contributed by atoms with Crippen molar-refractivity contribution in [2.75, 3.05) is 20.7 Å². The number of nitrogens with zero attached hydrogens (tertiary/aromatic N) is 2. The molecule has 0 spiro atoms. The third kappa shape index (κ3) is 3.74. The van der Waals surface area contributed by atoms with Crippen LogP contribution in [0.1, 0.15) is 31.0 Å². The molecule has 1 aromatic rings. The van der Waals surface area contributed by atoms with Gasteiger partial charge in [-0.3, -0.25) is 15.0 Å². The lowest BCUT2D eigenvalue weighted by molar-refractivity contribution is -0.133. The summed E-state index contributed by atoms with van der Waals surface area (Å²) >= 11 is 0. The van der Waals surface area contributed by atoms with Gasteiger partial charge in [0.25, 0.3) is 5.92 Å². The molecule has 0 radical (unpaired) electrons. The number of carbonyl (C=O) groups excluding carboxylic acids is 1. The monoisotopic (exact) mass is 401 g/mol. The highest BCUT2D eigenvalue weighted by Gasteiger charge is 2.51. The Balaban J connectivity index is 1.90. The highest BCUT2D eigenvalue weighted by Crippen LogP contribution is 2.34. The van der Waals surface area contributed by atoms with Crippen molar-refractivity contribution in [1.82, 2.24) is 26.0 Å². The van der Waals surface area contributed by atoms with Crippen LogP contribution in [-0.4, -0.2) is 60.1 Å². The van der Waals surface area contributed by atoms with Crippen LogP contribution in [0, 0.1) is 11.7 Å². The first-order valence-corrected chi connectivity index (χ1v) is 9.10. The number of aliphatic hydroxyl groups excluding tert-OH is 1. The predicted molar refractivity (Wildman–Crippen MR) is 96.3 cm³/mol. The van der Waals surface area contributed by atoms with Crippen LogP contribution in [0.4, 0.5) is 13.2 Å². The maximum Gasteiger partial charge on any atom is 0.270 e. The van der Waals surface area contributed by atoms with E-state index in [2.05, 4.69) is 16.1 Å². The van der Waals surface area contributed by atoms with Crippen molar-refractivity contribution in [3.05, 3.63) is 35.1 Å². The van der Waals surface area contributed by atoms with E-state index in [0.717, 1.165) is 13.0 Å². The minimum atomic E-state index is -3.14. The summed E-state index contributed by atoms with van der Waals surface area (Å²) in [5.74, 6) is -4.71. The fourth-order valence-electron chi connectivity index (χ4n) is 3.76. The van der Waals surface area contributed by atoms with Gasteiger partial charge < -0.3 is 10.4 Å². The van der Waals surface area contributed by atoms with Crippen molar-refractivity contribution >= 4 is 5.91 Å². The van der Waals surface area contributed by atoms with E-state index in [1.165, 1.54) is 12.1 Å². The molecule has 0 aromatic heterocycles. The van der Waals surface area contributed by atoms with Gasteiger partial charge in [0.2, 0.25) is 5.91 Å². The SMILES string of the molecule is CC(c1ccc(C(C)(F)F)cc1F)N1NC(CO)C2C(=O)NC(N(C)C)NC21. The first-order valence-electron chi connectivity index (χ1n) is 9.10. The van der Waals surface area contributed by atoms with Crippen molar-refractivity contribution in [2.24, 2.45) is 5.92 Å².